The summed E-state index contributed by atoms with van der Waals surface area (Å²) in [4.78, 5) is 11.8. The number of amides is 2. The molecular weight excluding hydrogens is 357 g/mol. The van der Waals surface area contributed by atoms with Gasteiger partial charge < -0.3 is 10.6 Å². The first-order valence-electron chi connectivity index (χ1n) is 7.06. The highest BCUT2D eigenvalue weighted by Gasteiger charge is 2.72. The van der Waals surface area contributed by atoms with Crippen molar-refractivity contribution >= 4 is 11.7 Å². The molecule has 2 amide bonds. The second kappa shape index (κ2) is 6.72. The minimum Gasteiger partial charge on any atom is -0.316 e. The zero-order chi connectivity index (χ0) is 19.7. The van der Waals surface area contributed by atoms with Crippen LogP contribution >= 0.6 is 0 Å². The van der Waals surface area contributed by atoms with Crippen LogP contribution in [0.4, 0.5) is 41.2 Å². The van der Waals surface area contributed by atoms with Crippen LogP contribution in [0.3, 0.4) is 0 Å². The quantitative estimate of drug-likeness (QED) is 0.698. The summed E-state index contributed by atoms with van der Waals surface area (Å²) in [6, 6.07) is 2.58. The van der Waals surface area contributed by atoms with E-state index in [9.17, 15) is 35.5 Å². The highest BCUT2D eigenvalue weighted by molar-refractivity contribution is 5.90. The number of hydrogen-bond donors (Lipinski definition) is 2. The number of halogens is 7. The maximum atomic E-state index is 13.4. The summed E-state index contributed by atoms with van der Waals surface area (Å²) in [6.45, 7) is 3.53. The van der Waals surface area contributed by atoms with Crippen LogP contribution in [0.25, 0.3) is 0 Å². The maximum absolute atomic E-state index is 13.4. The zero-order valence-corrected chi connectivity index (χ0v) is 13.6. The standard InChI is InChI=1S/C15H17F7N2O/c1-12(2,3)8-13(14(17,18)19,15(20,21)22)24-11(25)23-10-7-5-4-6-9(10)16/h4-7H,8H2,1-3H3,(H2,23,24,25). The topological polar surface area (TPSA) is 41.1 Å². The van der Waals surface area contributed by atoms with E-state index < -0.39 is 47.3 Å². The third-order valence-electron chi connectivity index (χ3n) is 3.21. The molecule has 1 aromatic rings. The van der Waals surface area contributed by atoms with Gasteiger partial charge in [0.05, 0.1) is 5.69 Å². The van der Waals surface area contributed by atoms with E-state index in [1.54, 1.807) is 5.32 Å². The highest BCUT2D eigenvalue weighted by atomic mass is 19.4. The van der Waals surface area contributed by atoms with Gasteiger partial charge in [0, 0.05) is 0 Å². The highest BCUT2D eigenvalue weighted by Crippen LogP contribution is 2.49. The van der Waals surface area contributed by atoms with Gasteiger partial charge in [-0.2, -0.15) is 26.3 Å². The molecule has 0 radical (unpaired) electrons. The van der Waals surface area contributed by atoms with Crippen molar-refractivity contribution in [3.8, 4) is 0 Å². The molecule has 0 spiro atoms. The molecule has 2 N–H and O–H groups in total. The molecule has 0 aliphatic carbocycles. The summed E-state index contributed by atoms with van der Waals surface area (Å²) in [7, 11) is 0. The van der Waals surface area contributed by atoms with Gasteiger partial charge in [-0.3, -0.25) is 0 Å². The molecule has 0 aliphatic rings. The Bertz CT molecular complexity index is 604. The molecule has 10 heteroatoms. The molecule has 1 rings (SSSR count). The van der Waals surface area contributed by atoms with E-state index in [2.05, 4.69) is 0 Å². The second-order valence-electron chi connectivity index (χ2n) is 6.70. The molecule has 0 aliphatic heterocycles. The molecule has 25 heavy (non-hydrogen) atoms. The average molecular weight is 374 g/mol. The molecule has 3 nitrogen and oxygen atoms in total. The van der Waals surface area contributed by atoms with E-state index in [1.807, 2.05) is 0 Å². The molecule has 0 atom stereocenters. The lowest BCUT2D eigenvalue weighted by molar-refractivity contribution is -0.310. The van der Waals surface area contributed by atoms with Crippen LogP contribution in [0, 0.1) is 11.2 Å². The van der Waals surface area contributed by atoms with Crippen molar-refractivity contribution in [2.24, 2.45) is 5.41 Å². The van der Waals surface area contributed by atoms with Crippen LogP contribution in [0.1, 0.15) is 27.2 Å². The largest absolute Gasteiger partial charge is 0.420 e. The molecule has 0 saturated carbocycles. The summed E-state index contributed by atoms with van der Waals surface area (Å²) < 4.78 is 93.5. The Morgan fingerprint density at radius 2 is 1.44 bits per heavy atom. The number of anilines is 1. The lowest BCUT2D eigenvalue weighted by Crippen LogP contribution is -2.69. The van der Waals surface area contributed by atoms with Crippen molar-refractivity contribution in [2.75, 3.05) is 5.32 Å². The number of hydrogen-bond acceptors (Lipinski definition) is 1. The summed E-state index contributed by atoms with van der Waals surface area (Å²) in [5.74, 6) is -1.00. The number of carbonyl (C=O) groups is 1. The molecule has 142 valence electrons. The molecule has 0 bridgehead atoms. The van der Waals surface area contributed by atoms with Gasteiger partial charge in [0.1, 0.15) is 5.82 Å². The van der Waals surface area contributed by atoms with E-state index in [4.69, 9.17) is 0 Å². The van der Waals surface area contributed by atoms with Crippen LogP contribution in [-0.2, 0) is 0 Å². The van der Waals surface area contributed by atoms with Gasteiger partial charge in [0.25, 0.3) is 0 Å². The van der Waals surface area contributed by atoms with E-state index in [-0.39, 0.29) is 0 Å². The molecule has 0 fully saturated rings. The predicted octanol–water partition coefficient (Wildman–Crippen LogP) is 5.25. The summed E-state index contributed by atoms with van der Waals surface area (Å²) in [6.07, 6.45) is -13.1. The number of para-hydroxylation sites is 1. The van der Waals surface area contributed by atoms with Crippen LogP contribution in [0.2, 0.25) is 0 Å². The predicted molar refractivity (Wildman–Crippen MR) is 77.5 cm³/mol. The van der Waals surface area contributed by atoms with E-state index in [0.717, 1.165) is 17.4 Å². The second-order valence-corrected chi connectivity index (χ2v) is 6.70. The van der Waals surface area contributed by atoms with Crippen LogP contribution in [0.5, 0.6) is 0 Å². The molecule has 0 heterocycles. The van der Waals surface area contributed by atoms with Gasteiger partial charge in [-0.15, -0.1) is 0 Å². The molecule has 0 aromatic heterocycles. The van der Waals surface area contributed by atoms with Crippen LogP contribution < -0.4 is 10.6 Å². The van der Waals surface area contributed by atoms with Crippen molar-refractivity contribution < 1.29 is 35.5 Å². The first-order chi connectivity index (χ1) is 11.1. The Morgan fingerprint density at radius 1 is 0.960 bits per heavy atom. The lowest BCUT2D eigenvalue weighted by atomic mass is 9.78. The fourth-order valence-corrected chi connectivity index (χ4v) is 2.25. The normalized spacial score (nSPS) is 13.5. The number of alkyl halides is 6. The van der Waals surface area contributed by atoms with Gasteiger partial charge in [-0.25, -0.2) is 9.18 Å². The Balaban J connectivity index is 3.24. The van der Waals surface area contributed by atoms with E-state index in [0.29, 0.717) is 0 Å². The number of carbonyl (C=O) groups excluding carboxylic acids is 1. The first-order valence-corrected chi connectivity index (χ1v) is 7.06. The SMILES string of the molecule is CC(C)(C)CC(NC(=O)Nc1ccccc1F)(C(F)(F)F)C(F)(F)F. The molecule has 0 unspecified atom stereocenters. The van der Waals surface area contributed by atoms with Crippen molar-refractivity contribution in [1.82, 2.24) is 5.32 Å². The van der Waals surface area contributed by atoms with Crippen molar-refractivity contribution in [3.05, 3.63) is 30.1 Å². The average Bonchev–Trinajstić information content (AvgIpc) is 2.36. The first kappa shape index (κ1) is 21.0. The summed E-state index contributed by atoms with van der Waals surface area (Å²) in [5, 5.41) is 2.65. The van der Waals surface area contributed by atoms with Crippen LogP contribution in [0.15, 0.2) is 24.3 Å². The van der Waals surface area contributed by atoms with Gasteiger partial charge in [-0.1, -0.05) is 32.9 Å². The number of benzene rings is 1. The summed E-state index contributed by atoms with van der Waals surface area (Å²) in [5.41, 5.74) is -6.45. The Labute approximate surface area is 139 Å². The number of nitrogens with one attached hydrogen (secondary N) is 2. The Hall–Kier alpha value is -2.00. The van der Waals surface area contributed by atoms with Gasteiger partial charge >= 0.3 is 18.4 Å². The smallest absolute Gasteiger partial charge is 0.316 e. The maximum Gasteiger partial charge on any atom is 0.420 e. The Morgan fingerprint density at radius 3 is 1.84 bits per heavy atom. The fourth-order valence-electron chi connectivity index (χ4n) is 2.25. The van der Waals surface area contributed by atoms with Gasteiger partial charge in [0.15, 0.2) is 0 Å². The van der Waals surface area contributed by atoms with Crippen molar-refractivity contribution in [3.63, 3.8) is 0 Å². The number of urea groups is 1. The monoisotopic (exact) mass is 374 g/mol. The van der Waals surface area contributed by atoms with Gasteiger partial charge in [-0.05, 0) is 24.0 Å². The minimum atomic E-state index is -5.81. The number of rotatable bonds is 3. The third-order valence-corrected chi connectivity index (χ3v) is 3.21. The van der Waals surface area contributed by atoms with E-state index in [1.165, 1.54) is 32.9 Å². The van der Waals surface area contributed by atoms with Crippen molar-refractivity contribution in [1.29, 1.82) is 0 Å². The molecular formula is C15H17F7N2O. The van der Waals surface area contributed by atoms with Gasteiger partial charge in [0.2, 0.25) is 5.54 Å². The summed E-state index contributed by atoms with van der Waals surface area (Å²) >= 11 is 0. The molecule has 1 aromatic carbocycles. The van der Waals surface area contributed by atoms with Crippen molar-refractivity contribution in [2.45, 2.75) is 45.1 Å². The van der Waals surface area contributed by atoms with E-state index >= 15 is 0 Å². The Kier molecular flexibility index (Phi) is 5.66. The third kappa shape index (κ3) is 4.99. The molecule has 0 saturated heterocycles. The fraction of sp³-hybridized carbons (Fsp3) is 0.533. The lowest BCUT2D eigenvalue weighted by Gasteiger charge is -2.41. The van der Waals surface area contributed by atoms with Crippen LogP contribution in [-0.4, -0.2) is 23.9 Å². The minimum absolute atomic E-state index is 0.547. The zero-order valence-electron chi connectivity index (χ0n) is 13.6.